The lowest BCUT2D eigenvalue weighted by Gasteiger charge is -2.24. The summed E-state index contributed by atoms with van der Waals surface area (Å²) in [6.45, 7) is 0. The lowest BCUT2D eigenvalue weighted by atomic mass is 9.90. The van der Waals surface area contributed by atoms with E-state index in [1.165, 1.54) is 12.1 Å². The third kappa shape index (κ3) is 4.67. The van der Waals surface area contributed by atoms with Crippen molar-refractivity contribution in [2.45, 2.75) is 37.8 Å². The van der Waals surface area contributed by atoms with E-state index in [4.69, 9.17) is 11.6 Å². The van der Waals surface area contributed by atoms with Crippen LogP contribution in [0.15, 0.2) is 53.7 Å². The maximum atomic E-state index is 14.4. The number of amides is 1. The molecular weight excluding hydrogens is 355 g/mol. The minimum absolute atomic E-state index is 0.133. The van der Waals surface area contributed by atoms with Gasteiger partial charge in [0.1, 0.15) is 5.82 Å². The van der Waals surface area contributed by atoms with Crippen LogP contribution >= 0.6 is 11.6 Å². The molecule has 0 bridgehead atoms. The van der Waals surface area contributed by atoms with E-state index in [0.717, 1.165) is 18.4 Å². The van der Waals surface area contributed by atoms with Gasteiger partial charge in [0.05, 0.1) is 6.42 Å². The maximum absolute atomic E-state index is 14.4. The van der Waals surface area contributed by atoms with Crippen LogP contribution in [0.4, 0.5) is 4.39 Å². The molecule has 1 amide bonds. The second kappa shape index (κ2) is 8.41. The Morgan fingerprint density at radius 1 is 1.19 bits per heavy atom. The molecular formula is C20H20ClFN2O2. The molecule has 0 spiro atoms. The molecule has 0 radical (unpaired) electrons. The third-order valence-corrected chi connectivity index (χ3v) is 5.00. The van der Waals surface area contributed by atoms with Crippen LogP contribution in [0.25, 0.3) is 0 Å². The first kappa shape index (κ1) is 18.5. The zero-order chi connectivity index (χ0) is 18.5. The SMILES string of the molecule is O=NC(NC(=O)Cc1ccccc1)C(CC1CC1)c1c(F)cccc1Cl. The van der Waals surface area contributed by atoms with E-state index >= 15 is 0 Å². The lowest BCUT2D eigenvalue weighted by molar-refractivity contribution is -0.121. The molecule has 0 saturated heterocycles. The second-order valence-electron chi connectivity index (χ2n) is 6.70. The first-order valence-electron chi connectivity index (χ1n) is 8.68. The molecule has 1 fully saturated rings. The Kier molecular flexibility index (Phi) is 5.99. The largest absolute Gasteiger partial charge is 0.331 e. The number of nitroso groups, excluding NO2 is 1. The van der Waals surface area contributed by atoms with E-state index in [2.05, 4.69) is 10.5 Å². The first-order chi connectivity index (χ1) is 12.6. The van der Waals surface area contributed by atoms with Crippen molar-refractivity contribution in [2.24, 2.45) is 11.1 Å². The molecule has 4 nitrogen and oxygen atoms in total. The highest BCUT2D eigenvalue weighted by Gasteiger charge is 2.35. The number of nitrogens with zero attached hydrogens (tertiary/aromatic N) is 1. The summed E-state index contributed by atoms with van der Waals surface area (Å²) in [5.74, 6) is -0.970. The Morgan fingerprint density at radius 2 is 1.92 bits per heavy atom. The molecule has 2 aromatic rings. The van der Waals surface area contributed by atoms with Gasteiger partial charge in [0.2, 0.25) is 5.91 Å². The summed E-state index contributed by atoms with van der Waals surface area (Å²) in [5.41, 5.74) is 1.09. The van der Waals surface area contributed by atoms with Gasteiger partial charge in [-0.25, -0.2) is 4.39 Å². The average Bonchev–Trinajstić information content (AvgIpc) is 3.44. The zero-order valence-corrected chi connectivity index (χ0v) is 15.0. The van der Waals surface area contributed by atoms with Crippen LogP contribution in [0.3, 0.4) is 0 Å². The molecule has 1 aliphatic rings. The van der Waals surface area contributed by atoms with Crippen molar-refractivity contribution in [3.63, 3.8) is 0 Å². The van der Waals surface area contributed by atoms with Crippen molar-refractivity contribution >= 4 is 17.5 Å². The van der Waals surface area contributed by atoms with Crippen LogP contribution < -0.4 is 5.32 Å². The van der Waals surface area contributed by atoms with Crippen LogP contribution in [0.2, 0.25) is 5.02 Å². The molecule has 3 rings (SSSR count). The Labute approximate surface area is 156 Å². The third-order valence-electron chi connectivity index (χ3n) is 4.67. The molecule has 2 unspecified atom stereocenters. The van der Waals surface area contributed by atoms with Gasteiger partial charge in [0, 0.05) is 16.5 Å². The van der Waals surface area contributed by atoms with Gasteiger partial charge in [-0.15, -0.1) is 4.91 Å². The first-order valence-corrected chi connectivity index (χ1v) is 9.06. The molecule has 26 heavy (non-hydrogen) atoms. The molecule has 1 aliphatic carbocycles. The van der Waals surface area contributed by atoms with Crippen LogP contribution in [-0.4, -0.2) is 12.1 Å². The minimum atomic E-state index is -1.05. The number of halogens is 2. The predicted octanol–water partition coefficient (Wildman–Crippen LogP) is 4.81. The van der Waals surface area contributed by atoms with E-state index < -0.39 is 17.9 Å². The summed E-state index contributed by atoms with van der Waals surface area (Å²) in [6, 6.07) is 13.6. The number of carbonyl (C=O) groups is 1. The highest BCUT2D eigenvalue weighted by Crippen LogP contribution is 2.42. The Morgan fingerprint density at radius 3 is 2.54 bits per heavy atom. The Bertz CT molecular complexity index is 760. The van der Waals surface area contributed by atoms with Crippen molar-refractivity contribution in [3.05, 3.63) is 75.4 Å². The van der Waals surface area contributed by atoms with Gasteiger partial charge in [-0.1, -0.05) is 60.8 Å². The fraction of sp³-hybridized carbons (Fsp3) is 0.350. The van der Waals surface area contributed by atoms with Crippen molar-refractivity contribution in [3.8, 4) is 0 Å². The maximum Gasteiger partial charge on any atom is 0.226 e. The highest BCUT2D eigenvalue weighted by atomic mass is 35.5. The van der Waals surface area contributed by atoms with Gasteiger partial charge in [-0.05, 0) is 35.2 Å². The molecule has 1 saturated carbocycles. The molecule has 0 aromatic heterocycles. The summed E-state index contributed by atoms with van der Waals surface area (Å²) < 4.78 is 14.4. The van der Waals surface area contributed by atoms with Gasteiger partial charge in [0.25, 0.3) is 0 Å². The van der Waals surface area contributed by atoms with Gasteiger partial charge >= 0.3 is 0 Å². The summed E-state index contributed by atoms with van der Waals surface area (Å²) in [4.78, 5) is 23.9. The van der Waals surface area contributed by atoms with E-state index in [1.54, 1.807) is 6.07 Å². The standard InChI is InChI=1S/C20H20ClFN2O2/c21-16-7-4-8-17(22)19(16)15(11-14-9-10-14)20(24-26)23-18(25)12-13-5-2-1-3-6-13/h1-8,14-15,20H,9-12H2,(H,23,25). The Balaban J connectivity index is 1.79. The van der Waals surface area contributed by atoms with E-state index in [9.17, 15) is 14.1 Å². The summed E-state index contributed by atoms with van der Waals surface area (Å²) in [7, 11) is 0. The molecule has 136 valence electrons. The van der Waals surface area contributed by atoms with Gasteiger partial charge in [0.15, 0.2) is 6.17 Å². The van der Waals surface area contributed by atoms with Crippen LogP contribution in [-0.2, 0) is 11.2 Å². The topological polar surface area (TPSA) is 58.5 Å². The fourth-order valence-corrected chi connectivity index (χ4v) is 3.48. The molecule has 0 aliphatic heterocycles. The normalized spacial score (nSPS) is 15.9. The lowest BCUT2D eigenvalue weighted by Crippen LogP contribution is -2.39. The van der Waals surface area contributed by atoms with Crippen LogP contribution in [0, 0.1) is 16.6 Å². The molecule has 0 heterocycles. The van der Waals surface area contributed by atoms with Crippen molar-refractivity contribution in [1.29, 1.82) is 0 Å². The monoisotopic (exact) mass is 374 g/mol. The van der Waals surface area contributed by atoms with Crippen molar-refractivity contribution in [2.75, 3.05) is 0 Å². The smallest absolute Gasteiger partial charge is 0.226 e. The summed E-state index contributed by atoms with van der Waals surface area (Å²) >= 11 is 6.20. The number of hydrogen-bond acceptors (Lipinski definition) is 3. The number of rotatable bonds is 8. The van der Waals surface area contributed by atoms with Crippen molar-refractivity contribution in [1.82, 2.24) is 5.32 Å². The summed E-state index contributed by atoms with van der Waals surface area (Å²) in [5, 5.41) is 6.01. The molecule has 1 N–H and O–H groups in total. The second-order valence-corrected chi connectivity index (χ2v) is 7.11. The van der Waals surface area contributed by atoms with Gasteiger partial charge < -0.3 is 5.32 Å². The predicted molar refractivity (Wildman–Crippen MR) is 99.4 cm³/mol. The number of hydrogen-bond donors (Lipinski definition) is 1. The van der Waals surface area contributed by atoms with Gasteiger partial charge in [-0.3, -0.25) is 4.79 Å². The van der Waals surface area contributed by atoms with Crippen LogP contribution in [0.1, 0.15) is 36.3 Å². The van der Waals surface area contributed by atoms with E-state index in [0.29, 0.717) is 12.3 Å². The molecule has 2 atom stereocenters. The van der Waals surface area contributed by atoms with E-state index in [1.807, 2.05) is 30.3 Å². The van der Waals surface area contributed by atoms with E-state index in [-0.39, 0.29) is 22.9 Å². The average molecular weight is 375 g/mol. The number of benzene rings is 2. The number of carbonyl (C=O) groups excluding carboxylic acids is 1. The van der Waals surface area contributed by atoms with Crippen molar-refractivity contribution < 1.29 is 9.18 Å². The highest BCUT2D eigenvalue weighted by molar-refractivity contribution is 6.31. The van der Waals surface area contributed by atoms with Crippen LogP contribution in [0.5, 0.6) is 0 Å². The molecule has 2 aromatic carbocycles. The Hall–Kier alpha value is -2.27. The summed E-state index contributed by atoms with van der Waals surface area (Å²) in [6.07, 6.45) is 1.72. The quantitative estimate of drug-likeness (QED) is 0.674. The minimum Gasteiger partial charge on any atom is -0.331 e. The number of nitrogens with one attached hydrogen (secondary N) is 1. The zero-order valence-electron chi connectivity index (χ0n) is 14.2. The van der Waals surface area contributed by atoms with Gasteiger partial charge in [-0.2, -0.15) is 0 Å². The molecule has 6 heteroatoms. The fourth-order valence-electron chi connectivity index (χ4n) is 3.18.